The minimum absolute atomic E-state index is 0.0164. The van der Waals surface area contributed by atoms with E-state index in [2.05, 4.69) is 47.6 Å². The summed E-state index contributed by atoms with van der Waals surface area (Å²) < 4.78 is 11.5. The molecule has 4 nitrogen and oxygen atoms in total. The van der Waals surface area contributed by atoms with Crippen LogP contribution in [0.25, 0.3) is 11.0 Å². The van der Waals surface area contributed by atoms with Crippen molar-refractivity contribution < 1.29 is 14.3 Å². The Kier molecular flexibility index (Phi) is 4.54. The van der Waals surface area contributed by atoms with Crippen molar-refractivity contribution in [2.24, 2.45) is 0 Å². The molecule has 3 rings (SSSR count). The van der Waals surface area contributed by atoms with E-state index in [4.69, 9.17) is 9.15 Å². The first-order chi connectivity index (χ1) is 12.5. The molecule has 142 valence electrons. The van der Waals surface area contributed by atoms with Crippen molar-refractivity contribution >= 4 is 11.0 Å². The molecule has 0 amide bonds. The van der Waals surface area contributed by atoms with Gasteiger partial charge in [0.05, 0.1) is 5.39 Å². The molecule has 0 spiro atoms. The molecule has 1 heterocycles. The highest BCUT2D eigenvalue weighted by Gasteiger charge is 2.24. The van der Waals surface area contributed by atoms with Crippen molar-refractivity contribution in [2.75, 3.05) is 0 Å². The Morgan fingerprint density at radius 2 is 1.59 bits per heavy atom. The maximum Gasteiger partial charge on any atom is 0.235 e. The van der Waals surface area contributed by atoms with E-state index in [1.807, 2.05) is 12.1 Å². The van der Waals surface area contributed by atoms with Crippen molar-refractivity contribution in [1.82, 2.24) is 0 Å². The topological polar surface area (TPSA) is 59.7 Å². The van der Waals surface area contributed by atoms with Crippen LogP contribution in [0.4, 0.5) is 0 Å². The summed E-state index contributed by atoms with van der Waals surface area (Å²) in [7, 11) is 0. The SMILES string of the molecule is CC(C)(C)c1ccc(Oc2coc3cc(O)ccc3c2=O)c(C(C)(C)C)c1. The van der Waals surface area contributed by atoms with E-state index in [-0.39, 0.29) is 27.8 Å². The molecule has 0 bridgehead atoms. The molecular formula is C23H26O4. The van der Waals surface area contributed by atoms with Gasteiger partial charge in [0.2, 0.25) is 11.2 Å². The second kappa shape index (κ2) is 6.45. The molecule has 0 saturated carbocycles. The van der Waals surface area contributed by atoms with Gasteiger partial charge in [0, 0.05) is 11.6 Å². The average molecular weight is 366 g/mol. The Bertz CT molecular complexity index is 1050. The van der Waals surface area contributed by atoms with Crippen molar-refractivity contribution in [3.63, 3.8) is 0 Å². The molecule has 1 aromatic heterocycles. The Hall–Kier alpha value is -2.75. The number of rotatable bonds is 2. The van der Waals surface area contributed by atoms with Crippen LogP contribution in [0, 0.1) is 0 Å². The predicted molar refractivity (Wildman–Crippen MR) is 108 cm³/mol. The van der Waals surface area contributed by atoms with Crippen LogP contribution in [0.1, 0.15) is 52.7 Å². The second-order valence-electron chi connectivity index (χ2n) is 8.92. The predicted octanol–water partition coefficient (Wildman–Crippen LogP) is 5.89. The van der Waals surface area contributed by atoms with E-state index >= 15 is 0 Å². The summed E-state index contributed by atoms with van der Waals surface area (Å²) in [5, 5.41) is 9.92. The number of fused-ring (bicyclic) bond motifs is 1. The minimum atomic E-state index is -0.268. The van der Waals surface area contributed by atoms with Crippen LogP contribution in [0.15, 0.2) is 51.9 Å². The van der Waals surface area contributed by atoms with Gasteiger partial charge in [-0.3, -0.25) is 4.79 Å². The Morgan fingerprint density at radius 1 is 0.889 bits per heavy atom. The fourth-order valence-corrected chi connectivity index (χ4v) is 2.96. The van der Waals surface area contributed by atoms with Gasteiger partial charge in [0.15, 0.2) is 0 Å². The number of hydrogen-bond acceptors (Lipinski definition) is 4. The smallest absolute Gasteiger partial charge is 0.235 e. The first-order valence-corrected chi connectivity index (χ1v) is 9.04. The molecule has 0 aliphatic heterocycles. The number of hydrogen-bond donors (Lipinski definition) is 1. The van der Waals surface area contributed by atoms with Gasteiger partial charge in [-0.2, -0.15) is 0 Å². The molecule has 0 atom stereocenters. The number of phenols is 1. The van der Waals surface area contributed by atoms with Crippen molar-refractivity contribution in [2.45, 2.75) is 52.4 Å². The fourth-order valence-electron chi connectivity index (χ4n) is 2.96. The van der Waals surface area contributed by atoms with Gasteiger partial charge in [-0.1, -0.05) is 53.7 Å². The summed E-state index contributed by atoms with van der Waals surface area (Å²) in [6.45, 7) is 12.9. The molecule has 0 unspecified atom stereocenters. The van der Waals surface area contributed by atoms with Crippen LogP contribution in [0.2, 0.25) is 0 Å². The Morgan fingerprint density at radius 3 is 2.22 bits per heavy atom. The molecule has 2 aromatic carbocycles. The van der Waals surface area contributed by atoms with Gasteiger partial charge >= 0.3 is 0 Å². The van der Waals surface area contributed by atoms with Gasteiger partial charge in [-0.25, -0.2) is 0 Å². The normalized spacial score (nSPS) is 12.4. The minimum Gasteiger partial charge on any atom is -0.508 e. The lowest BCUT2D eigenvalue weighted by atomic mass is 9.80. The van der Waals surface area contributed by atoms with Crippen LogP contribution in [0.3, 0.4) is 0 Å². The van der Waals surface area contributed by atoms with Crippen LogP contribution in [-0.4, -0.2) is 5.11 Å². The molecule has 1 N–H and O–H groups in total. The third-order valence-electron chi connectivity index (χ3n) is 4.60. The molecule has 0 aliphatic carbocycles. The average Bonchev–Trinajstić information content (AvgIpc) is 2.55. The summed E-state index contributed by atoms with van der Waals surface area (Å²) in [5.74, 6) is 0.815. The Balaban J connectivity index is 2.10. The lowest BCUT2D eigenvalue weighted by Gasteiger charge is -2.27. The van der Waals surface area contributed by atoms with E-state index in [0.29, 0.717) is 16.7 Å². The van der Waals surface area contributed by atoms with E-state index in [1.165, 1.54) is 30.0 Å². The van der Waals surface area contributed by atoms with Gasteiger partial charge < -0.3 is 14.3 Å². The quantitative estimate of drug-likeness (QED) is 0.615. The lowest BCUT2D eigenvalue weighted by molar-refractivity contribution is 0.430. The van der Waals surface area contributed by atoms with Gasteiger partial charge in [0.25, 0.3) is 0 Å². The molecule has 0 saturated heterocycles. The van der Waals surface area contributed by atoms with Gasteiger partial charge in [0.1, 0.15) is 23.3 Å². The first-order valence-electron chi connectivity index (χ1n) is 9.04. The zero-order chi connectivity index (χ0) is 20.0. The number of aromatic hydroxyl groups is 1. The Labute approximate surface area is 159 Å². The number of benzene rings is 2. The van der Waals surface area contributed by atoms with E-state index < -0.39 is 0 Å². The number of ether oxygens (including phenoxy) is 1. The zero-order valence-corrected chi connectivity index (χ0v) is 16.7. The summed E-state index contributed by atoms with van der Waals surface area (Å²) in [4.78, 5) is 12.8. The van der Waals surface area contributed by atoms with Crippen LogP contribution in [-0.2, 0) is 10.8 Å². The fraction of sp³-hybridized carbons (Fsp3) is 0.348. The highest BCUT2D eigenvalue weighted by molar-refractivity contribution is 5.79. The lowest BCUT2D eigenvalue weighted by Crippen LogP contribution is -2.17. The van der Waals surface area contributed by atoms with Crippen LogP contribution >= 0.6 is 0 Å². The molecule has 3 aromatic rings. The summed E-state index contributed by atoms with van der Waals surface area (Å²) in [5.41, 5.74) is 2.16. The molecule has 0 aliphatic rings. The van der Waals surface area contributed by atoms with E-state index in [1.54, 1.807) is 0 Å². The van der Waals surface area contributed by atoms with Crippen LogP contribution < -0.4 is 10.2 Å². The third-order valence-corrected chi connectivity index (χ3v) is 4.60. The third kappa shape index (κ3) is 3.85. The van der Waals surface area contributed by atoms with Crippen molar-refractivity contribution in [1.29, 1.82) is 0 Å². The largest absolute Gasteiger partial charge is 0.508 e. The maximum atomic E-state index is 12.8. The standard InChI is InChI=1S/C23H26O4/c1-22(2,3)14-7-10-18(17(11-14)23(4,5)6)27-20-13-26-19-12-15(24)8-9-16(19)21(20)25/h7-13,24H,1-6H3. The highest BCUT2D eigenvalue weighted by Crippen LogP contribution is 2.37. The van der Waals surface area contributed by atoms with E-state index in [9.17, 15) is 9.90 Å². The van der Waals surface area contributed by atoms with Gasteiger partial charge in [-0.15, -0.1) is 0 Å². The summed E-state index contributed by atoms with van der Waals surface area (Å²) >= 11 is 0. The van der Waals surface area contributed by atoms with Gasteiger partial charge in [-0.05, 0) is 34.6 Å². The molecule has 0 radical (unpaired) electrons. The summed E-state index contributed by atoms with van der Waals surface area (Å²) in [6.07, 6.45) is 1.30. The molecule has 4 heteroatoms. The zero-order valence-electron chi connectivity index (χ0n) is 16.7. The highest BCUT2D eigenvalue weighted by atomic mass is 16.5. The summed E-state index contributed by atoms with van der Waals surface area (Å²) in [6, 6.07) is 10.5. The van der Waals surface area contributed by atoms with Crippen molar-refractivity contribution in [3.05, 3.63) is 64.0 Å². The number of phenolic OH excluding ortho intramolecular Hbond substituents is 1. The van der Waals surface area contributed by atoms with Crippen LogP contribution in [0.5, 0.6) is 17.2 Å². The monoisotopic (exact) mass is 366 g/mol. The van der Waals surface area contributed by atoms with Crippen molar-refractivity contribution in [3.8, 4) is 17.2 Å². The molecular weight excluding hydrogens is 340 g/mol. The molecule has 27 heavy (non-hydrogen) atoms. The first kappa shape index (κ1) is 19.0. The second-order valence-corrected chi connectivity index (χ2v) is 8.92. The maximum absolute atomic E-state index is 12.8. The van der Waals surface area contributed by atoms with E-state index in [0.717, 1.165) is 5.56 Å². The molecule has 0 fully saturated rings.